The van der Waals surface area contributed by atoms with E-state index >= 15 is 0 Å². The van der Waals surface area contributed by atoms with Crippen LogP contribution in [0.1, 0.15) is 6.42 Å². The van der Waals surface area contributed by atoms with Gasteiger partial charge in [0.1, 0.15) is 6.04 Å². The Morgan fingerprint density at radius 3 is 2.57 bits per heavy atom. The maximum absolute atomic E-state index is 11.2. The highest BCUT2D eigenvalue weighted by Crippen LogP contribution is 1.98. The van der Waals surface area contributed by atoms with E-state index in [9.17, 15) is 4.79 Å². The largest absolute Gasteiger partial charge is 0.468 e. The van der Waals surface area contributed by atoms with E-state index < -0.39 is 0 Å². The summed E-state index contributed by atoms with van der Waals surface area (Å²) in [6, 6.07) is -0.350. The first-order chi connectivity index (χ1) is 6.67. The number of nitrogens with two attached hydrogens (primary N) is 1. The lowest BCUT2D eigenvalue weighted by Crippen LogP contribution is -2.45. The summed E-state index contributed by atoms with van der Waals surface area (Å²) >= 11 is 0. The summed E-state index contributed by atoms with van der Waals surface area (Å²) in [5.41, 5.74) is 5.48. The highest BCUT2D eigenvalue weighted by atomic mass is 16.5. The van der Waals surface area contributed by atoms with Gasteiger partial charge in [-0.25, -0.2) is 0 Å². The number of rotatable bonds is 7. The summed E-state index contributed by atoms with van der Waals surface area (Å²) in [5.74, 6) is -0.285. The van der Waals surface area contributed by atoms with Crippen molar-refractivity contribution in [3.8, 4) is 0 Å². The second-order valence-electron chi connectivity index (χ2n) is 3.10. The zero-order chi connectivity index (χ0) is 11.0. The SMILES string of the molecule is COCCCN(C)C(CN)C(=O)OC. The molecule has 0 radical (unpaired) electrons. The van der Waals surface area contributed by atoms with Crippen molar-refractivity contribution < 1.29 is 14.3 Å². The molecule has 0 amide bonds. The van der Waals surface area contributed by atoms with E-state index in [2.05, 4.69) is 4.74 Å². The molecule has 0 bridgehead atoms. The monoisotopic (exact) mass is 204 g/mol. The van der Waals surface area contributed by atoms with E-state index in [0.29, 0.717) is 6.61 Å². The Morgan fingerprint density at radius 1 is 1.50 bits per heavy atom. The van der Waals surface area contributed by atoms with E-state index in [0.717, 1.165) is 13.0 Å². The number of likely N-dealkylation sites (N-methyl/N-ethyl adjacent to an activating group) is 1. The van der Waals surface area contributed by atoms with Crippen molar-refractivity contribution in [2.75, 3.05) is 41.0 Å². The van der Waals surface area contributed by atoms with Crippen LogP contribution >= 0.6 is 0 Å². The zero-order valence-corrected chi connectivity index (χ0v) is 9.16. The molecule has 2 N–H and O–H groups in total. The molecular weight excluding hydrogens is 184 g/mol. The van der Waals surface area contributed by atoms with Crippen LogP contribution in [0.15, 0.2) is 0 Å². The second kappa shape index (κ2) is 7.73. The van der Waals surface area contributed by atoms with Gasteiger partial charge in [0.2, 0.25) is 0 Å². The van der Waals surface area contributed by atoms with Crippen molar-refractivity contribution in [2.24, 2.45) is 5.73 Å². The molecule has 5 nitrogen and oxygen atoms in total. The average molecular weight is 204 g/mol. The molecule has 0 aliphatic rings. The fourth-order valence-electron chi connectivity index (χ4n) is 1.21. The van der Waals surface area contributed by atoms with Crippen LogP contribution < -0.4 is 5.73 Å². The molecule has 0 aromatic carbocycles. The number of esters is 1. The van der Waals surface area contributed by atoms with Gasteiger partial charge in [-0.3, -0.25) is 9.69 Å². The molecule has 0 aliphatic heterocycles. The van der Waals surface area contributed by atoms with E-state index in [1.807, 2.05) is 11.9 Å². The maximum Gasteiger partial charge on any atom is 0.324 e. The van der Waals surface area contributed by atoms with Gasteiger partial charge < -0.3 is 15.2 Å². The van der Waals surface area contributed by atoms with Gasteiger partial charge in [-0.1, -0.05) is 0 Å². The third-order valence-corrected chi connectivity index (χ3v) is 2.09. The molecule has 5 heteroatoms. The van der Waals surface area contributed by atoms with Gasteiger partial charge in [0, 0.05) is 26.8 Å². The standard InChI is InChI=1S/C9H20N2O3/c1-11(5-4-6-13-2)8(7-10)9(12)14-3/h8H,4-7,10H2,1-3H3. The summed E-state index contributed by atoms with van der Waals surface area (Å²) in [6.07, 6.45) is 0.875. The molecule has 0 aromatic heterocycles. The molecule has 0 spiro atoms. The van der Waals surface area contributed by atoms with Crippen LogP contribution in [0.3, 0.4) is 0 Å². The van der Waals surface area contributed by atoms with Crippen LogP contribution in [0.5, 0.6) is 0 Å². The van der Waals surface area contributed by atoms with Crippen molar-refractivity contribution in [1.82, 2.24) is 4.90 Å². The molecule has 1 atom stereocenters. The molecule has 84 valence electrons. The Bertz CT molecular complexity index is 164. The molecule has 14 heavy (non-hydrogen) atoms. The van der Waals surface area contributed by atoms with Gasteiger partial charge in [-0.05, 0) is 13.5 Å². The van der Waals surface area contributed by atoms with E-state index in [4.69, 9.17) is 10.5 Å². The van der Waals surface area contributed by atoms with Crippen LogP contribution in [0, 0.1) is 0 Å². The summed E-state index contributed by atoms with van der Waals surface area (Å²) < 4.78 is 9.56. The van der Waals surface area contributed by atoms with Crippen LogP contribution in [-0.4, -0.2) is 57.9 Å². The highest BCUT2D eigenvalue weighted by Gasteiger charge is 2.21. The Hall–Kier alpha value is -0.650. The number of carbonyl (C=O) groups is 1. The zero-order valence-electron chi connectivity index (χ0n) is 9.16. The summed E-state index contributed by atoms with van der Waals surface area (Å²) in [5, 5.41) is 0. The van der Waals surface area contributed by atoms with Crippen molar-refractivity contribution in [2.45, 2.75) is 12.5 Å². The lowest BCUT2D eigenvalue weighted by Gasteiger charge is -2.24. The number of hydrogen-bond donors (Lipinski definition) is 1. The number of ether oxygens (including phenoxy) is 2. The lowest BCUT2D eigenvalue weighted by atomic mass is 10.2. The molecule has 0 aliphatic carbocycles. The molecule has 0 saturated heterocycles. The quantitative estimate of drug-likeness (QED) is 0.445. The summed E-state index contributed by atoms with van der Waals surface area (Å²) in [6.45, 7) is 1.73. The Morgan fingerprint density at radius 2 is 2.14 bits per heavy atom. The number of carbonyl (C=O) groups excluding carboxylic acids is 1. The first-order valence-electron chi connectivity index (χ1n) is 4.64. The normalized spacial score (nSPS) is 12.9. The minimum absolute atomic E-state index is 0.274. The average Bonchev–Trinajstić information content (AvgIpc) is 2.19. The third kappa shape index (κ3) is 4.55. The van der Waals surface area contributed by atoms with Crippen LogP contribution in [0.2, 0.25) is 0 Å². The van der Waals surface area contributed by atoms with Gasteiger partial charge in [0.15, 0.2) is 0 Å². The Kier molecular flexibility index (Phi) is 7.37. The second-order valence-corrected chi connectivity index (χ2v) is 3.10. The van der Waals surface area contributed by atoms with Gasteiger partial charge in [0.05, 0.1) is 7.11 Å². The van der Waals surface area contributed by atoms with E-state index in [-0.39, 0.29) is 18.6 Å². The summed E-state index contributed by atoms with van der Waals surface area (Å²) in [4.78, 5) is 13.1. The van der Waals surface area contributed by atoms with Crippen molar-refractivity contribution in [3.63, 3.8) is 0 Å². The van der Waals surface area contributed by atoms with Gasteiger partial charge in [0.25, 0.3) is 0 Å². The van der Waals surface area contributed by atoms with Crippen molar-refractivity contribution in [1.29, 1.82) is 0 Å². The lowest BCUT2D eigenvalue weighted by molar-refractivity contribution is -0.146. The third-order valence-electron chi connectivity index (χ3n) is 2.09. The fourth-order valence-corrected chi connectivity index (χ4v) is 1.21. The number of methoxy groups -OCH3 is 2. The van der Waals surface area contributed by atoms with Crippen molar-refractivity contribution in [3.05, 3.63) is 0 Å². The minimum Gasteiger partial charge on any atom is -0.468 e. The number of nitrogens with zero attached hydrogens (tertiary/aromatic N) is 1. The first-order valence-corrected chi connectivity index (χ1v) is 4.64. The molecule has 0 fully saturated rings. The van der Waals surface area contributed by atoms with Gasteiger partial charge in [-0.15, -0.1) is 0 Å². The molecule has 0 saturated carbocycles. The predicted molar refractivity (Wildman–Crippen MR) is 54.0 cm³/mol. The van der Waals surface area contributed by atoms with Crippen LogP contribution in [0.4, 0.5) is 0 Å². The Labute approximate surface area is 85.1 Å². The molecule has 0 heterocycles. The predicted octanol–water partition coefficient (Wildman–Crippen LogP) is -0.545. The molecule has 1 unspecified atom stereocenters. The maximum atomic E-state index is 11.2. The smallest absolute Gasteiger partial charge is 0.324 e. The van der Waals surface area contributed by atoms with E-state index in [1.54, 1.807) is 7.11 Å². The molecule has 0 rings (SSSR count). The number of hydrogen-bond acceptors (Lipinski definition) is 5. The minimum atomic E-state index is -0.350. The van der Waals surface area contributed by atoms with Gasteiger partial charge >= 0.3 is 5.97 Å². The van der Waals surface area contributed by atoms with Crippen LogP contribution in [0.25, 0.3) is 0 Å². The van der Waals surface area contributed by atoms with Crippen molar-refractivity contribution >= 4 is 5.97 Å². The molecule has 0 aromatic rings. The highest BCUT2D eigenvalue weighted by molar-refractivity contribution is 5.75. The van der Waals surface area contributed by atoms with E-state index in [1.165, 1.54) is 7.11 Å². The first kappa shape index (κ1) is 13.4. The van der Waals surface area contributed by atoms with Crippen LogP contribution in [-0.2, 0) is 14.3 Å². The fraction of sp³-hybridized carbons (Fsp3) is 0.889. The van der Waals surface area contributed by atoms with Gasteiger partial charge in [-0.2, -0.15) is 0 Å². The molecular formula is C9H20N2O3. The Balaban J connectivity index is 3.91. The topological polar surface area (TPSA) is 64.8 Å². The summed E-state index contributed by atoms with van der Waals surface area (Å²) in [7, 11) is 4.87.